The third kappa shape index (κ3) is 3.70. The van der Waals surface area contributed by atoms with E-state index < -0.39 is 12.0 Å². The second-order valence-corrected chi connectivity index (χ2v) is 5.84. The Balaban J connectivity index is 1.71. The van der Waals surface area contributed by atoms with Gasteiger partial charge in [-0.1, -0.05) is 0 Å². The van der Waals surface area contributed by atoms with E-state index >= 15 is 0 Å². The summed E-state index contributed by atoms with van der Waals surface area (Å²) < 4.78 is 4.67. The van der Waals surface area contributed by atoms with E-state index in [1.807, 2.05) is 0 Å². The lowest BCUT2D eigenvalue weighted by atomic mass is 10.1. The molecule has 0 atom stereocenters. The molecule has 1 aliphatic rings. The van der Waals surface area contributed by atoms with E-state index in [0.29, 0.717) is 10.6 Å². The summed E-state index contributed by atoms with van der Waals surface area (Å²) in [5.41, 5.74) is 10.6. The van der Waals surface area contributed by atoms with Crippen molar-refractivity contribution >= 4 is 45.6 Å². The van der Waals surface area contributed by atoms with Crippen LogP contribution in [0.3, 0.4) is 0 Å². The van der Waals surface area contributed by atoms with Crippen molar-refractivity contribution in [3.8, 4) is 0 Å². The zero-order chi connectivity index (χ0) is 17.8. The summed E-state index contributed by atoms with van der Waals surface area (Å²) in [5.74, 6) is -1.01. The van der Waals surface area contributed by atoms with Gasteiger partial charge in [0, 0.05) is 5.56 Å². The number of anilines is 3. The van der Waals surface area contributed by atoms with Crippen molar-refractivity contribution < 1.29 is 19.1 Å². The third-order valence-corrected chi connectivity index (χ3v) is 4.13. The Bertz CT molecular complexity index is 835. The topological polar surface area (TPSA) is 121 Å². The summed E-state index contributed by atoms with van der Waals surface area (Å²) in [4.78, 5) is 35.9. The van der Waals surface area contributed by atoms with E-state index in [9.17, 15) is 14.4 Å². The average molecular weight is 361 g/mol. The van der Waals surface area contributed by atoms with Crippen molar-refractivity contribution in [2.75, 3.05) is 22.8 Å². The summed E-state index contributed by atoms with van der Waals surface area (Å²) in [6.07, 6.45) is -0.833. The number of hydrazine groups is 2. The van der Waals surface area contributed by atoms with Crippen molar-refractivity contribution in [3.05, 3.63) is 40.8 Å². The molecule has 3 amide bonds. The van der Waals surface area contributed by atoms with Gasteiger partial charge in [0.25, 0.3) is 11.8 Å². The second kappa shape index (κ2) is 7.20. The largest absolute Gasteiger partial charge is 0.450 e. The van der Waals surface area contributed by atoms with Gasteiger partial charge >= 0.3 is 6.09 Å². The molecule has 0 aliphatic carbocycles. The van der Waals surface area contributed by atoms with Gasteiger partial charge in [0.2, 0.25) is 0 Å². The fourth-order valence-electron chi connectivity index (χ4n) is 2.15. The monoisotopic (exact) mass is 361 g/mol. The maximum Gasteiger partial charge on any atom is 0.414 e. The van der Waals surface area contributed by atoms with Crippen LogP contribution in [0.1, 0.15) is 27.6 Å². The molecule has 2 aromatic rings. The number of alkyl carbamates (subject to hydrolysis) is 1. The number of rotatable bonds is 4. The SMILES string of the molecule is CCOC(=O)NC(=O)c1ccsc1NC(=O)c1ccc2c(c1)NNN2. The minimum atomic E-state index is -0.833. The van der Waals surface area contributed by atoms with Gasteiger partial charge in [-0.05, 0) is 36.6 Å². The molecular formula is C15H15N5O4S. The predicted octanol–water partition coefficient (Wildman–Crippen LogP) is 2.14. The molecule has 0 radical (unpaired) electrons. The Morgan fingerprint density at radius 2 is 1.92 bits per heavy atom. The Kier molecular flexibility index (Phi) is 4.82. The highest BCUT2D eigenvalue weighted by Gasteiger charge is 2.19. The molecule has 10 heteroatoms. The maximum atomic E-state index is 12.4. The first-order valence-corrected chi connectivity index (χ1v) is 8.24. The first-order chi connectivity index (χ1) is 12.1. The van der Waals surface area contributed by atoms with Crippen LogP contribution in [0.5, 0.6) is 0 Å². The highest BCUT2D eigenvalue weighted by atomic mass is 32.1. The van der Waals surface area contributed by atoms with Crippen LogP contribution in [0.15, 0.2) is 29.6 Å². The second-order valence-electron chi connectivity index (χ2n) is 4.93. The van der Waals surface area contributed by atoms with Crippen molar-refractivity contribution in [2.45, 2.75) is 6.92 Å². The van der Waals surface area contributed by atoms with Crippen molar-refractivity contribution in [1.29, 1.82) is 0 Å². The lowest BCUT2D eigenvalue weighted by molar-refractivity contribution is 0.0926. The molecule has 0 bridgehead atoms. The Morgan fingerprint density at radius 3 is 2.72 bits per heavy atom. The van der Waals surface area contributed by atoms with E-state index in [1.54, 1.807) is 30.5 Å². The molecule has 0 saturated carbocycles. The molecule has 1 aliphatic heterocycles. The van der Waals surface area contributed by atoms with Crippen LogP contribution in [0.2, 0.25) is 0 Å². The summed E-state index contributed by atoms with van der Waals surface area (Å²) in [6, 6.07) is 6.60. The van der Waals surface area contributed by atoms with Crippen molar-refractivity contribution in [3.63, 3.8) is 0 Å². The normalized spacial score (nSPS) is 11.7. The molecule has 0 fully saturated rings. The molecule has 3 rings (SSSR count). The van der Waals surface area contributed by atoms with Gasteiger partial charge in [0.05, 0.1) is 23.5 Å². The quantitative estimate of drug-likeness (QED) is 0.566. The number of hydrogen-bond acceptors (Lipinski definition) is 8. The Hall–Kier alpha value is -3.11. The number of carbonyl (C=O) groups excluding carboxylic acids is 3. The zero-order valence-corrected chi connectivity index (χ0v) is 14.0. The zero-order valence-electron chi connectivity index (χ0n) is 13.1. The van der Waals surface area contributed by atoms with Crippen LogP contribution in [-0.2, 0) is 4.74 Å². The number of ether oxygens (including phenoxy) is 1. The molecule has 25 heavy (non-hydrogen) atoms. The molecule has 1 aromatic heterocycles. The summed E-state index contributed by atoms with van der Waals surface area (Å²) >= 11 is 1.18. The number of imide groups is 1. The summed E-state index contributed by atoms with van der Waals surface area (Å²) in [6.45, 7) is 1.79. The highest BCUT2D eigenvalue weighted by Crippen LogP contribution is 2.27. The fraction of sp³-hybridized carbons (Fsp3) is 0.133. The van der Waals surface area contributed by atoms with E-state index in [2.05, 4.69) is 31.8 Å². The first kappa shape index (κ1) is 16.7. The number of benzene rings is 1. The van der Waals surface area contributed by atoms with Gasteiger partial charge < -0.3 is 20.9 Å². The van der Waals surface area contributed by atoms with Crippen LogP contribution in [0, 0.1) is 0 Å². The average Bonchev–Trinajstić information content (AvgIpc) is 3.22. The van der Waals surface area contributed by atoms with Gasteiger partial charge in [0.1, 0.15) is 5.00 Å². The number of carbonyl (C=O) groups is 3. The lowest BCUT2D eigenvalue weighted by Gasteiger charge is -2.08. The highest BCUT2D eigenvalue weighted by molar-refractivity contribution is 7.14. The number of fused-ring (bicyclic) bond motifs is 1. The van der Waals surface area contributed by atoms with Gasteiger partial charge in [-0.15, -0.1) is 16.9 Å². The number of hydrogen-bond donors (Lipinski definition) is 5. The van der Waals surface area contributed by atoms with Gasteiger partial charge in [0.15, 0.2) is 0 Å². The first-order valence-electron chi connectivity index (χ1n) is 7.36. The molecule has 0 saturated heterocycles. The standard InChI is InChI=1S/C15H15N5O4S/c1-2-24-15(23)17-13(22)9-5-6-25-14(9)16-12(21)8-3-4-10-11(7-8)19-20-18-10/h3-7,18-20H,2H2,1H3,(H,16,21)(H,17,22,23). The van der Waals surface area contributed by atoms with Crippen molar-refractivity contribution in [1.82, 2.24) is 10.9 Å². The minimum Gasteiger partial charge on any atom is -0.450 e. The van der Waals surface area contributed by atoms with Crippen LogP contribution in [-0.4, -0.2) is 24.5 Å². The van der Waals surface area contributed by atoms with E-state index in [-0.39, 0.29) is 18.1 Å². The van der Waals surface area contributed by atoms with Crippen LogP contribution < -0.4 is 27.0 Å². The van der Waals surface area contributed by atoms with Crippen molar-refractivity contribution in [2.24, 2.45) is 0 Å². The molecule has 2 heterocycles. The number of thiophene rings is 1. The maximum absolute atomic E-state index is 12.4. The number of amides is 3. The van der Waals surface area contributed by atoms with Gasteiger partial charge in [-0.25, -0.2) is 4.79 Å². The van der Waals surface area contributed by atoms with E-state index in [1.165, 1.54) is 17.4 Å². The summed E-state index contributed by atoms with van der Waals surface area (Å²) in [7, 11) is 0. The third-order valence-electron chi connectivity index (χ3n) is 3.30. The molecule has 9 nitrogen and oxygen atoms in total. The van der Waals surface area contributed by atoms with Crippen LogP contribution >= 0.6 is 11.3 Å². The lowest BCUT2D eigenvalue weighted by Crippen LogP contribution is -2.31. The molecule has 130 valence electrons. The molecule has 1 aromatic carbocycles. The predicted molar refractivity (Wildman–Crippen MR) is 93.6 cm³/mol. The summed E-state index contributed by atoms with van der Waals surface area (Å²) in [5, 5.41) is 6.77. The molecular weight excluding hydrogens is 346 g/mol. The smallest absolute Gasteiger partial charge is 0.414 e. The van der Waals surface area contributed by atoms with Gasteiger partial charge in [-0.2, -0.15) is 0 Å². The minimum absolute atomic E-state index is 0.155. The Morgan fingerprint density at radius 1 is 1.12 bits per heavy atom. The number of nitrogens with one attached hydrogen (secondary N) is 5. The van der Waals surface area contributed by atoms with Crippen LogP contribution in [0.25, 0.3) is 0 Å². The van der Waals surface area contributed by atoms with Crippen LogP contribution in [0.4, 0.5) is 21.2 Å². The Labute approximate surface area is 146 Å². The van der Waals surface area contributed by atoms with Gasteiger partial charge in [-0.3, -0.25) is 14.9 Å². The van der Waals surface area contributed by atoms with E-state index in [0.717, 1.165) is 11.4 Å². The van der Waals surface area contributed by atoms with E-state index in [4.69, 9.17) is 0 Å². The molecule has 0 spiro atoms. The molecule has 0 unspecified atom stereocenters. The molecule has 5 N–H and O–H groups in total. The fourth-order valence-corrected chi connectivity index (χ4v) is 2.93.